The van der Waals surface area contributed by atoms with Gasteiger partial charge in [-0.1, -0.05) is 48.5 Å². The smallest absolute Gasteiger partial charge is 0.256 e. The van der Waals surface area contributed by atoms with Crippen molar-refractivity contribution in [2.75, 3.05) is 33.2 Å². The van der Waals surface area contributed by atoms with Crippen LogP contribution in [-0.4, -0.2) is 59.8 Å². The van der Waals surface area contributed by atoms with Crippen LogP contribution in [0.5, 0.6) is 0 Å². The first-order valence-corrected chi connectivity index (χ1v) is 10.4. The lowest BCUT2D eigenvalue weighted by molar-refractivity contribution is -0.130. The maximum Gasteiger partial charge on any atom is 0.256 e. The first-order chi connectivity index (χ1) is 14.6. The van der Waals surface area contributed by atoms with E-state index in [0.29, 0.717) is 18.7 Å². The molecule has 0 radical (unpaired) electrons. The van der Waals surface area contributed by atoms with E-state index >= 15 is 0 Å². The van der Waals surface area contributed by atoms with Crippen molar-refractivity contribution in [2.45, 2.75) is 6.54 Å². The van der Waals surface area contributed by atoms with Gasteiger partial charge in [-0.2, -0.15) is 0 Å². The largest absolute Gasteiger partial charge is 0.360 e. The summed E-state index contributed by atoms with van der Waals surface area (Å²) < 4.78 is 0. The molecule has 2 amide bonds. The van der Waals surface area contributed by atoms with Crippen LogP contribution in [0.4, 0.5) is 0 Å². The Kier molecular flexibility index (Phi) is 4.59. The van der Waals surface area contributed by atoms with E-state index in [1.807, 2.05) is 47.4 Å². The monoisotopic (exact) mass is 402 g/mol. The molecule has 2 aromatic carbocycles. The van der Waals surface area contributed by atoms with E-state index in [-0.39, 0.29) is 23.1 Å². The van der Waals surface area contributed by atoms with Crippen LogP contribution in [0.15, 0.2) is 60.8 Å². The number of benzene rings is 2. The number of aromatic amines is 1. The Morgan fingerprint density at radius 3 is 2.57 bits per heavy atom. The van der Waals surface area contributed by atoms with Gasteiger partial charge in [-0.3, -0.25) is 14.5 Å². The van der Waals surface area contributed by atoms with Gasteiger partial charge < -0.3 is 15.2 Å². The van der Waals surface area contributed by atoms with Crippen molar-refractivity contribution in [3.8, 4) is 0 Å². The number of carbonyl (C=O) groups is 2. The lowest BCUT2D eigenvalue weighted by Gasteiger charge is -2.50. The second-order valence-electron chi connectivity index (χ2n) is 8.59. The van der Waals surface area contributed by atoms with Gasteiger partial charge >= 0.3 is 0 Å². The van der Waals surface area contributed by atoms with Gasteiger partial charge in [0.2, 0.25) is 5.91 Å². The molecule has 2 saturated heterocycles. The molecule has 6 heteroatoms. The van der Waals surface area contributed by atoms with E-state index in [4.69, 9.17) is 0 Å². The summed E-state index contributed by atoms with van der Waals surface area (Å²) in [5.74, 6) is 0.0122. The van der Waals surface area contributed by atoms with Crippen molar-refractivity contribution in [2.24, 2.45) is 11.3 Å². The number of aromatic nitrogens is 1. The molecule has 3 heterocycles. The van der Waals surface area contributed by atoms with Crippen molar-refractivity contribution in [1.29, 1.82) is 0 Å². The van der Waals surface area contributed by atoms with Crippen molar-refractivity contribution < 1.29 is 9.59 Å². The third-order valence-electron chi connectivity index (χ3n) is 6.65. The molecule has 3 aromatic rings. The third-order valence-corrected chi connectivity index (χ3v) is 6.65. The zero-order valence-corrected chi connectivity index (χ0v) is 17.1. The lowest BCUT2D eigenvalue weighted by atomic mass is 9.71. The van der Waals surface area contributed by atoms with E-state index in [1.165, 1.54) is 5.56 Å². The Morgan fingerprint density at radius 2 is 1.80 bits per heavy atom. The Labute approximate surface area is 175 Å². The molecule has 154 valence electrons. The number of nitrogens with zero attached hydrogens (tertiary/aromatic N) is 2. The van der Waals surface area contributed by atoms with Crippen LogP contribution in [0.2, 0.25) is 0 Å². The first-order valence-electron chi connectivity index (χ1n) is 10.4. The van der Waals surface area contributed by atoms with Crippen molar-refractivity contribution >= 4 is 22.7 Å². The minimum Gasteiger partial charge on any atom is -0.360 e. The lowest BCUT2D eigenvalue weighted by Crippen LogP contribution is -2.63. The molecule has 1 unspecified atom stereocenters. The van der Waals surface area contributed by atoms with E-state index < -0.39 is 0 Å². The van der Waals surface area contributed by atoms with Crippen molar-refractivity contribution in [1.82, 2.24) is 20.1 Å². The number of para-hydroxylation sites is 1. The van der Waals surface area contributed by atoms with Gasteiger partial charge in [0.05, 0.1) is 11.5 Å². The average molecular weight is 402 g/mol. The molecule has 1 spiro atoms. The Balaban J connectivity index is 1.33. The second-order valence-corrected chi connectivity index (χ2v) is 8.59. The number of amides is 2. The third kappa shape index (κ3) is 3.08. The van der Waals surface area contributed by atoms with E-state index in [9.17, 15) is 9.59 Å². The number of rotatable bonds is 4. The molecular weight excluding hydrogens is 376 g/mol. The minimum atomic E-state index is -0.170. The summed E-state index contributed by atoms with van der Waals surface area (Å²) in [7, 11) is 1.70. The van der Waals surface area contributed by atoms with E-state index in [0.717, 1.165) is 30.5 Å². The van der Waals surface area contributed by atoms with Gasteiger partial charge in [-0.25, -0.2) is 0 Å². The molecule has 5 rings (SSSR count). The standard InChI is InChI=1S/C24H26N4O2/c1-25-22(29)20-13-27(12-17-7-3-2-4-8-17)14-24(20)15-28(16-24)23(30)19-11-26-21-10-6-5-9-18(19)21/h2-11,20,26H,12-16H2,1H3,(H,25,29). The van der Waals surface area contributed by atoms with Gasteiger partial charge in [-0.05, 0) is 11.6 Å². The summed E-state index contributed by atoms with van der Waals surface area (Å²) in [6.45, 7) is 3.62. The fourth-order valence-electron chi connectivity index (χ4n) is 5.17. The molecule has 2 fully saturated rings. The molecule has 2 aliphatic rings. The van der Waals surface area contributed by atoms with Crippen LogP contribution in [0, 0.1) is 11.3 Å². The van der Waals surface area contributed by atoms with E-state index in [1.54, 1.807) is 13.2 Å². The van der Waals surface area contributed by atoms with Gasteiger partial charge in [0, 0.05) is 62.3 Å². The SMILES string of the molecule is CNC(=O)C1CN(Cc2ccccc2)CC12CN(C(=O)c1c[nH]c3ccccc13)C2. The number of carbonyl (C=O) groups excluding carboxylic acids is 2. The average Bonchev–Trinajstić information content (AvgIpc) is 3.34. The summed E-state index contributed by atoms with van der Waals surface area (Å²) in [5.41, 5.74) is 2.75. The second kappa shape index (κ2) is 7.29. The molecule has 2 aliphatic heterocycles. The van der Waals surface area contributed by atoms with Crippen LogP contribution in [-0.2, 0) is 11.3 Å². The molecule has 0 aliphatic carbocycles. The number of hydrogen-bond acceptors (Lipinski definition) is 3. The highest BCUT2D eigenvalue weighted by atomic mass is 16.2. The normalized spacial score (nSPS) is 20.4. The summed E-state index contributed by atoms with van der Waals surface area (Å²) in [6, 6.07) is 18.2. The molecule has 2 N–H and O–H groups in total. The molecule has 30 heavy (non-hydrogen) atoms. The van der Waals surface area contributed by atoms with Crippen LogP contribution in [0.1, 0.15) is 15.9 Å². The number of nitrogens with one attached hydrogen (secondary N) is 2. The van der Waals surface area contributed by atoms with Gasteiger partial charge in [0.15, 0.2) is 0 Å². The molecule has 1 atom stereocenters. The van der Waals surface area contributed by atoms with Crippen LogP contribution in [0.3, 0.4) is 0 Å². The summed E-state index contributed by atoms with van der Waals surface area (Å²) >= 11 is 0. The van der Waals surface area contributed by atoms with Gasteiger partial charge in [-0.15, -0.1) is 0 Å². The number of fused-ring (bicyclic) bond motifs is 1. The highest BCUT2D eigenvalue weighted by Crippen LogP contribution is 2.45. The molecule has 1 aromatic heterocycles. The zero-order valence-electron chi connectivity index (χ0n) is 17.1. The quantitative estimate of drug-likeness (QED) is 0.705. The molecular formula is C24H26N4O2. The predicted molar refractivity (Wildman–Crippen MR) is 116 cm³/mol. The van der Waals surface area contributed by atoms with E-state index in [2.05, 4.69) is 27.3 Å². The fourth-order valence-corrected chi connectivity index (χ4v) is 5.17. The maximum absolute atomic E-state index is 13.2. The Hall–Kier alpha value is -3.12. The summed E-state index contributed by atoms with van der Waals surface area (Å²) in [4.78, 5) is 33.2. The maximum atomic E-state index is 13.2. The van der Waals surface area contributed by atoms with Gasteiger partial charge in [0.1, 0.15) is 0 Å². The molecule has 0 bridgehead atoms. The first kappa shape index (κ1) is 18.9. The topological polar surface area (TPSA) is 68.4 Å². The van der Waals surface area contributed by atoms with Crippen molar-refractivity contribution in [3.63, 3.8) is 0 Å². The zero-order chi connectivity index (χ0) is 20.7. The summed E-state index contributed by atoms with van der Waals surface area (Å²) in [6.07, 6.45) is 1.80. The fraction of sp³-hybridized carbons (Fsp3) is 0.333. The number of H-pyrrole nitrogens is 1. The molecule has 6 nitrogen and oxygen atoms in total. The molecule has 0 saturated carbocycles. The number of likely N-dealkylation sites (tertiary alicyclic amines) is 2. The van der Waals surface area contributed by atoms with Crippen molar-refractivity contribution in [3.05, 3.63) is 71.9 Å². The Bertz CT molecular complexity index is 1080. The van der Waals surface area contributed by atoms with Crippen LogP contribution >= 0.6 is 0 Å². The number of hydrogen-bond donors (Lipinski definition) is 2. The van der Waals surface area contributed by atoms with Gasteiger partial charge in [0.25, 0.3) is 5.91 Å². The minimum absolute atomic E-state index is 0.0373. The van der Waals surface area contributed by atoms with Crippen LogP contribution < -0.4 is 5.32 Å². The summed E-state index contributed by atoms with van der Waals surface area (Å²) in [5, 5.41) is 3.78. The highest BCUT2D eigenvalue weighted by Gasteiger charge is 2.57. The Morgan fingerprint density at radius 1 is 1.07 bits per heavy atom. The predicted octanol–water partition coefficient (Wildman–Crippen LogP) is 2.49. The van der Waals surface area contributed by atoms with Crippen LogP contribution in [0.25, 0.3) is 10.9 Å². The highest BCUT2D eigenvalue weighted by molar-refractivity contribution is 6.07.